The van der Waals surface area contributed by atoms with Gasteiger partial charge in [-0.1, -0.05) is 36.4 Å². The van der Waals surface area contributed by atoms with Crippen molar-refractivity contribution in [3.63, 3.8) is 0 Å². The first-order valence-electron chi connectivity index (χ1n) is 11.9. The van der Waals surface area contributed by atoms with Gasteiger partial charge in [-0.3, -0.25) is 9.69 Å². The number of carbonyl (C=O) groups is 2. The molecule has 1 aliphatic heterocycles. The van der Waals surface area contributed by atoms with Crippen molar-refractivity contribution in [2.45, 2.75) is 19.0 Å². The maximum Gasteiger partial charge on any atom is 0.335 e. The van der Waals surface area contributed by atoms with Crippen LogP contribution >= 0.6 is 0 Å². The van der Waals surface area contributed by atoms with E-state index in [4.69, 9.17) is 0 Å². The minimum absolute atomic E-state index is 0.168. The summed E-state index contributed by atoms with van der Waals surface area (Å²) < 4.78 is 1.95. The van der Waals surface area contributed by atoms with Crippen LogP contribution in [0.1, 0.15) is 33.9 Å². The lowest BCUT2D eigenvalue weighted by atomic mass is 10.0. The van der Waals surface area contributed by atoms with Crippen LogP contribution in [0.25, 0.3) is 10.9 Å². The summed E-state index contributed by atoms with van der Waals surface area (Å²) in [6, 6.07) is 15.6. The van der Waals surface area contributed by atoms with Gasteiger partial charge >= 0.3 is 11.9 Å². The molecule has 0 bridgehead atoms. The Balaban J connectivity index is 1.51. The van der Waals surface area contributed by atoms with E-state index in [0.29, 0.717) is 43.2 Å². The molecular weight excluding hydrogens is 458 g/mol. The lowest BCUT2D eigenvalue weighted by Gasteiger charge is -2.27. The number of aromatic nitrogens is 3. The lowest BCUT2D eigenvalue weighted by molar-refractivity contribution is -0.143. The Morgan fingerprint density at radius 3 is 2.42 bits per heavy atom. The second kappa shape index (κ2) is 10.2. The average molecular weight is 486 g/mol. The molecule has 2 aromatic carbocycles. The van der Waals surface area contributed by atoms with Crippen LogP contribution in [0.2, 0.25) is 0 Å². The number of hydrogen-bond acceptors (Lipinski definition) is 6. The van der Waals surface area contributed by atoms with Crippen molar-refractivity contribution in [2.24, 2.45) is 0 Å². The van der Waals surface area contributed by atoms with Gasteiger partial charge in [0, 0.05) is 67.8 Å². The van der Waals surface area contributed by atoms with E-state index in [2.05, 4.69) is 14.9 Å². The van der Waals surface area contributed by atoms with Crippen molar-refractivity contribution in [2.75, 3.05) is 31.1 Å². The standard InChI is InChI=1S/C27H27N5O4/c33-25(34)20-8-9-21-22(18-32(23(21)16-20)17-19-6-2-1-3-7-19)24(26(35)36)30-12-5-13-31(15-14-30)27-28-10-4-11-29-27/h1-4,6-11,16,18,24H,5,12-15,17H2,(H,33,34)(H,35,36)/t24-/m0/s1. The summed E-state index contributed by atoms with van der Waals surface area (Å²) in [5, 5.41) is 20.7. The van der Waals surface area contributed by atoms with Crippen molar-refractivity contribution < 1.29 is 19.8 Å². The smallest absolute Gasteiger partial charge is 0.335 e. The van der Waals surface area contributed by atoms with E-state index in [-0.39, 0.29) is 5.56 Å². The first-order valence-corrected chi connectivity index (χ1v) is 11.9. The highest BCUT2D eigenvalue weighted by molar-refractivity contribution is 5.96. The van der Waals surface area contributed by atoms with E-state index in [1.165, 1.54) is 6.07 Å². The fraction of sp³-hybridized carbons (Fsp3) is 0.259. The van der Waals surface area contributed by atoms with E-state index in [1.54, 1.807) is 30.6 Å². The molecule has 1 saturated heterocycles. The molecule has 1 atom stereocenters. The van der Waals surface area contributed by atoms with Crippen LogP contribution < -0.4 is 4.90 Å². The Kier molecular flexibility index (Phi) is 6.64. The molecule has 0 aliphatic carbocycles. The van der Waals surface area contributed by atoms with Crippen molar-refractivity contribution in [1.29, 1.82) is 0 Å². The highest BCUT2D eigenvalue weighted by atomic mass is 16.4. The highest BCUT2D eigenvalue weighted by Gasteiger charge is 2.32. The van der Waals surface area contributed by atoms with Crippen LogP contribution in [0.5, 0.6) is 0 Å². The van der Waals surface area contributed by atoms with E-state index < -0.39 is 18.0 Å². The monoisotopic (exact) mass is 485 g/mol. The summed E-state index contributed by atoms with van der Waals surface area (Å²) >= 11 is 0. The fourth-order valence-electron chi connectivity index (χ4n) is 4.92. The van der Waals surface area contributed by atoms with Crippen LogP contribution in [-0.2, 0) is 11.3 Å². The molecular formula is C27H27N5O4. The molecule has 1 fully saturated rings. The number of aromatic carboxylic acids is 1. The number of nitrogens with zero attached hydrogens (tertiary/aromatic N) is 5. The molecule has 2 aromatic heterocycles. The number of carboxylic acid groups (broad SMARTS) is 2. The largest absolute Gasteiger partial charge is 0.480 e. The SMILES string of the molecule is O=C(O)c1ccc2c([C@@H](C(=O)O)N3CCCN(c4ncccn4)CC3)cn(Cc3ccccc3)c2c1. The van der Waals surface area contributed by atoms with Gasteiger partial charge < -0.3 is 19.7 Å². The minimum atomic E-state index is -1.02. The topological polar surface area (TPSA) is 112 Å². The summed E-state index contributed by atoms with van der Waals surface area (Å²) in [6.45, 7) is 3.00. The van der Waals surface area contributed by atoms with Crippen molar-refractivity contribution >= 4 is 28.8 Å². The molecule has 0 radical (unpaired) electrons. The number of fused-ring (bicyclic) bond motifs is 1. The Labute approximate surface area is 208 Å². The summed E-state index contributed by atoms with van der Waals surface area (Å²) in [7, 11) is 0. The van der Waals surface area contributed by atoms with Crippen molar-refractivity contribution in [3.8, 4) is 0 Å². The Morgan fingerprint density at radius 1 is 0.917 bits per heavy atom. The summed E-state index contributed by atoms with van der Waals surface area (Å²) in [5.41, 5.74) is 2.58. The van der Waals surface area contributed by atoms with Crippen LogP contribution in [0.15, 0.2) is 73.2 Å². The second-order valence-electron chi connectivity index (χ2n) is 8.90. The third-order valence-electron chi connectivity index (χ3n) is 6.61. The molecule has 0 spiro atoms. The van der Waals surface area contributed by atoms with Crippen LogP contribution in [0.3, 0.4) is 0 Å². The molecule has 0 amide bonds. The summed E-state index contributed by atoms with van der Waals surface area (Å²) in [4.78, 5) is 37.1. The quantitative estimate of drug-likeness (QED) is 0.409. The predicted molar refractivity (Wildman–Crippen MR) is 135 cm³/mol. The van der Waals surface area contributed by atoms with Crippen molar-refractivity contribution in [1.82, 2.24) is 19.4 Å². The molecule has 1 aliphatic rings. The Bertz CT molecular complexity index is 1370. The molecule has 36 heavy (non-hydrogen) atoms. The molecule has 0 unspecified atom stereocenters. The highest BCUT2D eigenvalue weighted by Crippen LogP contribution is 2.33. The van der Waals surface area contributed by atoms with Gasteiger partial charge in [-0.2, -0.15) is 0 Å². The van der Waals surface area contributed by atoms with Crippen LogP contribution in [0.4, 0.5) is 5.95 Å². The van der Waals surface area contributed by atoms with Gasteiger partial charge in [0.2, 0.25) is 5.95 Å². The van der Waals surface area contributed by atoms with Gasteiger partial charge in [-0.05, 0) is 30.2 Å². The summed E-state index contributed by atoms with van der Waals surface area (Å²) in [6.07, 6.45) is 6.05. The van der Waals surface area contributed by atoms with Gasteiger partial charge in [-0.25, -0.2) is 14.8 Å². The van der Waals surface area contributed by atoms with Crippen LogP contribution in [-0.4, -0.2) is 67.8 Å². The summed E-state index contributed by atoms with van der Waals surface area (Å²) in [5.74, 6) is -1.30. The van der Waals surface area contributed by atoms with Crippen molar-refractivity contribution in [3.05, 3.63) is 89.9 Å². The average Bonchev–Trinajstić information content (AvgIpc) is 3.06. The van der Waals surface area contributed by atoms with E-state index >= 15 is 0 Å². The Hall–Kier alpha value is -4.24. The molecule has 184 valence electrons. The zero-order valence-electron chi connectivity index (χ0n) is 19.7. The fourth-order valence-corrected chi connectivity index (χ4v) is 4.92. The third-order valence-corrected chi connectivity index (χ3v) is 6.61. The van der Waals surface area contributed by atoms with Gasteiger partial charge in [0.1, 0.15) is 6.04 Å². The number of aliphatic carboxylic acids is 1. The third kappa shape index (κ3) is 4.78. The zero-order valence-corrected chi connectivity index (χ0v) is 19.7. The number of hydrogen-bond donors (Lipinski definition) is 2. The first kappa shape index (κ1) is 23.5. The maximum atomic E-state index is 12.7. The van der Waals surface area contributed by atoms with E-state index in [1.807, 2.05) is 46.0 Å². The maximum absolute atomic E-state index is 12.7. The number of anilines is 1. The number of benzene rings is 2. The zero-order chi connectivity index (χ0) is 25.1. The molecule has 4 aromatic rings. The normalized spacial score (nSPS) is 15.5. The molecule has 2 N–H and O–H groups in total. The molecule has 0 saturated carbocycles. The number of rotatable bonds is 7. The van der Waals surface area contributed by atoms with Gasteiger partial charge in [0.05, 0.1) is 5.56 Å². The van der Waals surface area contributed by atoms with Gasteiger partial charge in [0.25, 0.3) is 0 Å². The van der Waals surface area contributed by atoms with Gasteiger partial charge in [0.15, 0.2) is 0 Å². The predicted octanol–water partition coefficient (Wildman–Crippen LogP) is 3.52. The molecule has 5 rings (SSSR count). The van der Waals surface area contributed by atoms with E-state index in [0.717, 1.165) is 23.9 Å². The molecule has 3 heterocycles. The second-order valence-corrected chi connectivity index (χ2v) is 8.90. The molecule has 9 nitrogen and oxygen atoms in total. The Morgan fingerprint density at radius 2 is 1.69 bits per heavy atom. The van der Waals surface area contributed by atoms with E-state index in [9.17, 15) is 19.8 Å². The van der Waals surface area contributed by atoms with Gasteiger partial charge in [-0.15, -0.1) is 0 Å². The van der Waals surface area contributed by atoms with Crippen LogP contribution in [0, 0.1) is 0 Å². The minimum Gasteiger partial charge on any atom is -0.480 e. The lowest BCUT2D eigenvalue weighted by Crippen LogP contribution is -2.37. The first-order chi connectivity index (χ1) is 17.5. The number of carboxylic acids is 2. The molecule has 9 heteroatoms.